The van der Waals surface area contributed by atoms with Gasteiger partial charge in [0.25, 0.3) is 5.56 Å². The topological polar surface area (TPSA) is 75.8 Å². The van der Waals surface area contributed by atoms with E-state index in [9.17, 15) is 4.79 Å². The molecule has 0 saturated carbocycles. The van der Waals surface area contributed by atoms with Gasteiger partial charge in [-0.1, -0.05) is 17.7 Å². The summed E-state index contributed by atoms with van der Waals surface area (Å²) in [5.74, 6) is 2.22. The first-order valence-electron chi connectivity index (χ1n) is 11.8. The quantitative estimate of drug-likeness (QED) is 0.330. The number of hydrogen-bond donors (Lipinski definition) is 2. The van der Waals surface area contributed by atoms with Crippen molar-refractivity contribution in [3.05, 3.63) is 93.8 Å². The first-order valence-corrected chi connectivity index (χ1v) is 12.2. The van der Waals surface area contributed by atoms with E-state index in [0.29, 0.717) is 36.1 Å². The number of pyridine rings is 1. The summed E-state index contributed by atoms with van der Waals surface area (Å²) in [5, 5.41) is 4.79. The molecule has 2 N–H and O–H groups in total. The lowest BCUT2D eigenvalue weighted by Crippen LogP contribution is -2.35. The van der Waals surface area contributed by atoms with E-state index in [2.05, 4.69) is 16.4 Å². The van der Waals surface area contributed by atoms with E-state index in [-0.39, 0.29) is 12.4 Å². The van der Waals surface area contributed by atoms with Gasteiger partial charge in [0.1, 0.15) is 5.75 Å². The summed E-state index contributed by atoms with van der Waals surface area (Å²) in [6.45, 7) is 5.61. The molecule has 2 heterocycles. The first kappa shape index (κ1) is 23.7. The van der Waals surface area contributed by atoms with Gasteiger partial charge in [0.2, 0.25) is 6.79 Å². The van der Waals surface area contributed by atoms with Gasteiger partial charge in [-0.25, -0.2) is 0 Å². The predicted molar refractivity (Wildman–Crippen MR) is 145 cm³/mol. The fourth-order valence-corrected chi connectivity index (χ4v) is 4.40. The lowest BCUT2D eigenvalue weighted by molar-refractivity contribution is 0.174. The van der Waals surface area contributed by atoms with Crippen LogP contribution in [0.25, 0.3) is 10.9 Å². The number of aromatic amines is 1. The highest BCUT2D eigenvalue weighted by atomic mass is 32.1. The van der Waals surface area contributed by atoms with Crippen molar-refractivity contribution in [2.75, 3.05) is 18.7 Å². The van der Waals surface area contributed by atoms with Crippen molar-refractivity contribution in [2.45, 2.75) is 26.9 Å². The smallest absolute Gasteiger partial charge is 0.253 e. The van der Waals surface area contributed by atoms with Crippen molar-refractivity contribution < 1.29 is 14.2 Å². The molecule has 0 radical (unpaired) electrons. The molecule has 0 aliphatic carbocycles. The minimum atomic E-state index is -0.133. The molecule has 0 saturated heterocycles. The molecule has 3 aromatic carbocycles. The number of fused-ring (bicyclic) bond motifs is 2. The average Bonchev–Trinajstić information content (AvgIpc) is 3.33. The molecule has 0 atom stereocenters. The molecule has 1 aliphatic rings. The Morgan fingerprint density at radius 2 is 1.83 bits per heavy atom. The highest BCUT2D eigenvalue weighted by Crippen LogP contribution is 2.33. The Bertz CT molecular complexity index is 1470. The second-order valence-electron chi connectivity index (χ2n) is 8.65. The molecule has 184 valence electrons. The number of nitrogens with one attached hydrogen (secondary N) is 2. The molecule has 0 bridgehead atoms. The number of aromatic nitrogens is 1. The van der Waals surface area contributed by atoms with Gasteiger partial charge in [-0.2, -0.15) is 0 Å². The van der Waals surface area contributed by atoms with E-state index >= 15 is 0 Å². The van der Waals surface area contributed by atoms with Crippen LogP contribution in [0.5, 0.6) is 17.2 Å². The van der Waals surface area contributed by atoms with E-state index in [1.165, 1.54) is 0 Å². The number of ether oxygens (including phenoxy) is 3. The predicted octanol–water partition coefficient (Wildman–Crippen LogP) is 5.36. The molecule has 0 amide bonds. The Balaban J connectivity index is 1.43. The number of nitrogens with zero attached hydrogens (tertiary/aromatic N) is 1. The van der Waals surface area contributed by atoms with Crippen molar-refractivity contribution in [2.24, 2.45) is 0 Å². The van der Waals surface area contributed by atoms with E-state index in [1.807, 2.05) is 79.4 Å². The monoisotopic (exact) mass is 501 g/mol. The van der Waals surface area contributed by atoms with Crippen LogP contribution >= 0.6 is 12.2 Å². The van der Waals surface area contributed by atoms with Gasteiger partial charge in [-0.15, -0.1) is 0 Å². The second-order valence-corrected chi connectivity index (χ2v) is 9.03. The van der Waals surface area contributed by atoms with Gasteiger partial charge in [0, 0.05) is 23.3 Å². The minimum absolute atomic E-state index is 0.133. The van der Waals surface area contributed by atoms with Crippen molar-refractivity contribution >= 4 is 33.9 Å². The van der Waals surface area contributed by atoms with Crippen LogP contribution in [0.4, 0.5) is 5.69 Å². The summed E-state index contributed by atoms with van der Waals surface area (Å²) in [5.41, 5.74) is 4.26. The average molecular weight is 502 g/mol. The molecule has 36 heavy (non-hydrogen) atoms. The minimum Gasteiger partial charge on any atom is -0.494 e. The van der Waals surface area contributed by atoms with Gasteiger partial charge < -0.3 is 29.4 Å². The molecular weight excluding hydrogens is 474 g/mol. The summed E-state index contributed by atoms with van der Waals surface area (Å²) in [6, 6.07) is 21.4. The highest BCUT2D eigenvalue weighted by Gasteiger charge is 2.18. The van der Waals surface area contributed by atoms with Crippen LogP contribution in [0.1, 0.15) is 23.6 Å². The van der Waals surface area contributed by atoms with Crippen LogP contribution in [-0.2, 0) is 13.1 Å². The van der Waals surface area contributed by atoms with Crippen molar-refractivity contribution in [1.29, 1.82) is 0 Å². The summed E-state index contributed by atoms with van der Waals surface area (Å²) < 4.78 is 16.5. The first-order chi connectivity index (χ1) is 17.5. The third kappa shape index (κ3) is 5.28. The fraction of sp³-hybridized carbons (Fsp3) is 0.214. The molecule has 8 heteroatoms. The lowest BCUT2D eigenvalue weighted by Gasteiger charge is -2.26. The van der Waals surface area contributed by atoms with Gasteiger partial charge in [0.05, 0.1) is 13.2 Å². The molecular formula is C28H27N3O4S. The molecule has 0 unspecified atom stereocenters. The number of aryl methyl sites for hydroxylation is 1. The number of thiocarbonyl (C=S) groups is 1. The molecule has 5 rings (SSSR count). The SMILES string of the molecule is CCOc1ccc(NC(=S)N(Cc2ccc3c(c2)OCO3)Cc2cc3cc(C)ccc3[nH]c2=O)cc1. The van der Waals surface area contributed by atoms with Gasteiger partial charge in [0.15, 0.2) is 16.6 Å². The number of benzene rings is 3. The normalized spacial score (nSPS) is 11.9. The Morgan fingerprint density at radius 3 is 2.64 bits per heavy atom. The summed E-state index contributed by atoms with van der Waals surface area (Å²) >= 11 is 5.81. The van der Waals surface area contributed by atoms with E-state index in [1.54, 1.807) is 0 Å². The molecule has 4 aromatic rings. The number of H-pyrrole nitrogens is 1. The number of rotatable bonds is 7. The highest BCUT2D eigenvalue weighted by molar-refractivity contribution is 7.80. The van der Waals surface area contributed by atoms with Gasteiger partial charge >= 0.3 is 0 Å². The van der Waals surface area contributed by atoms with E-state index in [0.717, 1.165) is 39.2 Å². The summed E-state index contributed by atoms with van der Waals surface area (Å²) in [4.78, 5) is 17.9. The maximum atomic E-state index is 12.9. The van der Waals surface area contributed by atoms with Crippen LogP contribution in [0.15, 0.2) is 71.5 Å². The van der Waals surface area contributed by atoms with Gasteiger partial charge in [-0.05, 0) is 91.6 Å². The third-order valence-corrected chi connectivity index (χ3v) is 6.31. The molecule has 7 nitrogen and oxygen atoms in total. The number of anilines is 1. The number of hydrogen-bond acceptors (Lipinski definition) is 5. The lowest BCUT2D eigenvalue weighted by atomic mass is 10.1. The second kappa shape index (κ2) is 10.3. The fourth-order valence-electron chi connectivity index (χ4n) is 4.16. The largest absolute Gasteiger partial charge is 0.494 e. The zero-order valence-corrected chi connectivity index (χ0v) is 21.0. The van der Waals surface area contributed by atoms with Crippen LogP contribution in [0.2, 0.25) is 0 Å². The standard InChI is InChI=1S/C28H27N3O4S/c1-3-33-23-8-6-22(7-9-23)29-28(36)31(15-19-5-11-25-26(13-19)35-17-34-25)16-21-14-20-12-18(2)4-10-24(20)30-27(21)32/h4-14H,3,15-17H2,1-2H3,(H,29,36)(H,30,32). The third-order valence-electron chi connectivity index (χ3n) is 5.95. The maximum absolute atomic E-state index is 12.9. The van der Waals surface area contributed by atoms with Crippen molar-refractivity contribution in [3.8, 4) is 17.2 Å². The Morgan fingerprint density at radius 1 is 1.03 bits per heavy atom. The summed E-state index contributed by atoms with van der Waals surface area (Å²) in [6.07, 6.45) is 0. The van der Waals surface area contributed by atoms with E-state index in [4.69, 9.17) is 26.4 Å². The van der Waals surface area contributed by atoms with Crippen LogP contribution in [-0.4, -0.2) is 28.4 Å². The Hall–Kier alpha value is -4.04. The van der Waals surface area contributed by atoms with Crippen molar-refractivity contribution in [3.63, 3.8) is 0 Å². The summed E-state index contributed by atoms with van der Waals surface area (Å²) in [7, 11) is 0. The molecule has 0 spiro atoms. The molecule has 1 aliphatic heterocycles. The molecule has 1 aromatic heterocycles. The zero-order valence-electron chi connectivity index (χ0n) is 20.2. The van der Waals surface area contributed by atoms with Gasteiger partial charge in [-0.3, -0.25) is 4.79 Å². The zero-order chi connectivity index (χ0) is 25.1. The maximum Gasteiger partial charge on any atom is 0.253 e. The van der Waals surface area contributed by atoms with Crippen LogP contribution in [0.3, 0.4) is 0 Å². The van der Waals surface area contributed by atoms with E-state index < -0.39 is 0 Å². The van der Waals surface area contributed by atoms with Crippen LogP contribution < -0.4 is 25.1 Å². The van der Waals surface area contributed by atoms with Crippen LogP contribution in [0, 0.1) is 6.92 Å². The molecule has 0 fully saturated rings. The van der Waals surface area contributed by atoms with Crippen molar-refractivity contribution in [1.82, 2.24) is 9.88 Å². The Kier molecular flexibility index (Phi) is 6.77. The Labute approximate surface area is 214 Å².